The highest BCUT2D eigenvalue weighted by Crippen LogP contribution is 2.08. The summed E-state index contributed by atoms with van der Waals surface area (Å²) in [6.07, 6.45) is 1.82. The van der Waals surface area contributed by atoms with E-state index in [1.807, 2.05) is 20.0 Å². The minimum Gasteiger partial charge on any atom is -0.464 e. The highest BCUT2D eigenvalue weighted by Gasteiger charge is 2.02. The second kappa shape index (κ2) is 5.54. The third-order valence-electron chi connectivity index (χ3n) is 1.90. The number of aromatic nitrogens is 2. The largest absolute Gasteiger partial charge is 0.464 e. The van der Waals surface area contributed by atoms with E-state index in [1.54, 1.807) is 0 Å². The van der Waals surface area contributed by atoms with Crippen molar-refractivity contribution in [1.82, 2.24) is 15.3 Å². The Bertz CT molecular complexity index is 289. The predicted molar refractivity (Wildman–Crippen MR) is 55.3 cm³/mol. The quantitative estimate of drug-likeness (QED) is 0.769. The zero-order chi connectivity index (χ0) is 10.4. The molecule has 1 aromatic rings. The average molecular weight is 195 g/mol. The third kappa shape index (κ3) is 2.96. The van der Waals surface area contributed by atoms with Gasteiger partial charge in [0.1, 0.15) is 0 Å². The Labute approximate surface area is 84.7 Å². The summed E-state index contributed by atoms with van der Waals surface area (Å²) in [5.74, 6) is 0. The van der Waals surface area contributed by atoms with Crippen LogP contribution in [0, 0.1) is 6.92 Å². The molecule has 0 amide bonds. The number of hydrogen-bond donors (Lipinski definition) is 1. The number of ether oxygens (including phenoxy) is 1. The van der Waals surface area contributed by atoms with E-state index in [9.17, 15) is 0 Å². The Morgan fingerprint density at radius 2 is 2.21 bits per heavy atom. The van der Waals surface area contributed by atoms with Gasteiger partial charge in [0.15, 0.2) is 0 Å². The van der Waals surface area contributed by atoms with Crippen LogP contribution in [0.15, 0.2) is 6.20 Å². The molecule has 1 N–H and O–H groups in total. The lowest BCUT2D eigenvalue weighted by Gasteiger charge is -2.06. The van der Waals surface area contributed by atoms with Crippen LogP contribution in [-0.2, 0) is 6.54 Å². The van der Waals surface area contributed by atoms with Gasteiger partial charge in [-0.3, -0.25) is 0 Å². The van der Waals surface area contributed by atoms with Gasteiger partial charge in [0.25, 0.3) is 0 Å². The molecule has 78 valence electrons. The van der Waals surface area contributed by atoms with Crippen molar-refractivity contribution in [2.24, 2.45) is 0 Å². The molecular weight excluding hydrogens is 178 g/mol. The fraction of sp³-hybridized carbons (Fsp3) is 0.600. The second-order valence-electron chi connectivity index (χ2n) is 2.98. The van der Waals surface area contributed by atoms with Gasteiger partial charge in [0.05, 0.1) is 6.61 Å². The average Bonchev–Trinajstić information content (AvgIpc) is 2.17. The third-order valence-corrected chi connectivity index (χ3v) is 1.90. The van der Waals surface area contributed by atoms with Crippen molar-refractivity contribution < 1.29 is 4.74 Å². The summed E-state index contributed by atoms with van der Waals surface area (Å²) in [7, 11) is 0. The van der Waals surface area contributed by atoms with E-state index in [-0.39, 0.29) is 0 Å². The Kier molecular flexibility index (Phi) is 4.32. The maximum absolute atomic E-state index is 5.20. The molecule has 14 heavy (non-hydrogen) atoms. The van der Waals surface area contributed by atoms with Crippen molar-refractivity contribution in [3.8, 4) is 6.01 Å². The van der Waals surface area contributed by atoms with Gasteiger partial charge in [0.2, 0.25) is 0 Å². The molecule has 1 rings (SSSR count). The first-order valence-electron chi connectivity index (χ1n) is 4.94. The van der Waals surface area contributed by atoms with E-state index in [0.717, 1.165) is 24.3 Å². The summed E-state index contributed by atoms with van der Waals surface area (Å²) in [5.41, 5.74) is 2.10. The molecular formula is C10H17N3O. The molecule has 0 saturated carbocycles. The SMILES string of the molecule is CCNCc1cnc(OCC)nc1C. The number of aryl methyl sites for hydroxylation is 1. The number of nitrogens with one attached hydrogen (secondary N) is 1. The highest BCUT2D eigenvalue weighted by molar-refractivity contribution is 5.17. The van der Waals surface area contributed by atoms with Crippen LogP contribution in [0.25, 0.3) is 0 Å². The second-order valence-corrected chi connectivity index (χ2v) is 2.98. The zero-order valence-corrected chi connectivity index (χ0v) is 9.00. The first-order chi connectivity index (χ1) is 6.77. The maximum Gasteiger partial charge on any atom is 0.316 e. The van der Waals surface area contributed by atoms with Crippen LogP contribution in [-0.4, -0.2) is 23.1 Å². The molecule has 4 nitrogen and oxygen atoms in total. The number of rotatable bonds is 5. The Hall–Kier alpha value is -1.16. The Balaban J connectivity index is 2.68. The van der Waals surface area contributed by atoms with Gasteiger partial charge in [-0.05, 0) is 20.4 Å². The molecule has 0 fully saturated rings. The molecule has 0 aliphatic rings. The fourth-order valence-corrected chi connectivity index (χ4v) is 1.10. The summed E-state index contributed by atoms with van der Waals surface area (Å²) in [6, 6.07) is 0.463. The topological polar surface area (TPSA) is 47.0 Å². The van der Waals surface area contributed by atoms with E-state index < -0.39 is 0 Å². The van der Waals surface area contributed by atoms with E-state index >= 15 is 0 Å². The lowest BCUT2D eigenvalue weighted by molar-refractivity contribution is 0.311. The van der Waals surface area contributed by atoms with Crippen molar-refractivity contribution >= 4 is 0 Å². The highest BCUT2D eigenvalue weighted by atomic mass is 16.5. The summed E-state index contributed by atoms with van der Waals surface area (Å²) >= 11 is 0. The monoisotopic (exact) mass is 195 g/mol. The molecule has 0 radical (unpaired) electrons. The summed E-state index contributed by atoms with van der Waals surface area (Å²) in [5, 5.41) is 3.24. The molecule has 0 aliphatic heterocycles. The van der Waals surface area contributed by atoms with Crippen LogP contribution < -0.4 is 10.1 Å². The van der Waals surface area contributed by atoms with Crippen molar-refractivity contribution in [1.29, 1.82) is 0 Å². The molecule has 0 unspecified atom stereocenters. The molecule has 0 saturated heterocycles. The van der Waals surface area contributed by atoms with Gasteiger partial charge >= 0.3 is 6.01 Å². The molecule has 0 atom stereocenters. The Morgan fingerprint density at radius 1 is 1.43 bits per heavy atom. The van der Waals surface area contributed by atoms with Crippen molar-refractivity contribution in [2.75, 3.05) is 13.2 Å². The van der Waals surface area contributed by atoms with Crippen LogP contribution >= 0.6 is 0 Å². The van der Waals surface area contributed by atoms with Crippen molar-refractivity contribution in [3.63, 3.8) is 0 Å². The molecule has 0 aromatic carbocycles. The van der Waals surface area contributed by atoms with Gasteiger partial charge in [-0.2, -0.15) is 0 Å². The first kappa shape index (κ1) is 10.9. The lowest BCUT2D eigenvalue weighted by Crippen LogP contribution is -2.14. The van der Waals surface area contributed by atoms with E-state index in [2.05, 4.69) is 22.2 Å². The molecule has 4 heteroatoms. The maximum atomic E-state index is 5.20. The van der Waals surface area contributed by atoms with Gasteiger partial charge in [-0.25, -0.2) is 9.97 Å². The number of hydrogen-bond acceptors (Lipinski definition) is 4. The van der Waals surface area contributed by atoms with Crippen molar-refractivity contribution in [3.05, 3.63) is 17.5 Å². The standard InChI is InChI=1S/C10H17N3O/c1-4-11-6-9-7-12-10(14-5-2)13-8(9)3/h7,11H,4-6H2,1-3H3. The van der Waals surface area contributed by atoms with Crippen LogP contribution in [0.2, 0.25) is 0 Å². The van der Waals surface area contributed by atoms with Crippen LogP contribution in [0.4, 0.5) is 0 Å². The van der Waals surface area contributed by atoms with Crippen LogP contribution in [0.1, 0.15) is 25.1 Å². The van der Waals surface area contributed by atoms with Crippen LogP contribution in [0.5, 0.6) is 6.01 Å². The molecule has 1 aromatic heterocycles. The van der Waals surface area contributed by atoms with Gasteiger partial charge in [-0.15, -0.1) is 0 Å². The lowest BCUT2D eigenvalue weighted by atomic mass is 10.2. The summed E-state index contributed by atoms with van der Waals surface area (Å²) in [6.45, 7) is 8.33. The minimum absolute atomic E-state index is 0.463. The fourth-order valence-electron chi connectivity index (χ4n) is 1.10. The van der Waals surface area contributed by atoms with Gasteiger partial charge in [0, 0.05) is 24.0 Å². The van der Waals surface area contributed by atoms with Gasteiger partial charge < -0.3 is 10.1 Å². The summed E-state index contributed by atoms with van der Waals surface area (Å²) < 4.78 is 5.20. The molecule has 0 bridgehead atoms. The van der Waals surface area contributed by atoms with E-state index in [4.69, 9.17) is 4.74 Å². The molecule has 0 aliphatic carbocycles. The van der Waals surface area contributed by atoms with Crippen molar-refractivity contribution in [2.45, 2.75) is 27.3 Å². The molecule has 1 heterocycles. The zero-order valence-electron chi connectivity index (χ0n) is 9.00. The predicted octanol–water partition coefficient (Wildman–Crippen LogP) is 1.29. The smallest absolute Gasteiger partial charge is 0.316 e. The van der Waals surface area contributed by atoms with E-state index in [0.29, 0.717) is 12.6 Å². The normalized spacial score (nSPS) is 10.2. The van der Waals surface area contributed by atoms with Crippen LogP contribution in [0.3, 0.4) is 0 Å². The summed E-state index contributed by atoms with van der Waals surface area (Å²) in [4.78, 5) is 8.35. The minimum atomic E-state index is 0.463. The number of nitrogens with zero attached hydrogens (tertiary/aromatic N) is 2. The Morgan fingerprint density at radius 3 is 2.79 bits per heavy atom. The van der Waals surface area contributed by atoms with E-state index in [1.165, 1.54) is 0 Å². The molecule has 0 spiro atoms. The first-order valence-corrected chi connectivity index (χ1v) is 4.94. The van der Waals surface area contributed by atoms with Gasteiger partial charge in [-0.1, -0.05) is 6.92 Å².